The Labute approximate surface area is 199 Å². The lowest BCUT2D eigenvalue weighted by Crippen LogP contribution is -2.06. The van der Waals surface area contributed by atoms with Crippen LogP contribution in [0.1, 0.15) is 12.0 Å². The van der Waals surface area contributed by atoms with Gasteiger partial charge in [0, 0.05) is 5.92 Å². The molecule has 0 spiro atoms. The van der Waals surface area contributed by atoms with Gasteiger partial charge in [0.25, 0.3) is 0 Å². The molecule has 5 aromatic rings. The Bertz CT molecular complexity index is 1670. The predicted octanol–water partition coefficient (Wildman–Crippen LogP) is 9.27. The van der Waals surface area contributed by atoms with Crippen LogP contribution >= 0.6 is 0 Å². The third kappa shape index (κ3) is 2.99. The maximum atomic E-state index is 2.47. The van der Waals surface area contributed by atoms with Crippen LogP contribution in [0.15, 0.2) is 133 Å². The van der Waals surface area contributed by atoms with Crippen LogP contribution in [0.2, 0.25) is 0 Å². The molecule has 0 N–H and O–H groups in total. The average Bonchev–Trinajstić information content (AvgIpc) is 2.91. The number of fused-ring (bicyclic) bond motifs is 4. The highest BCUT2D eigenvalue weighted by Crippen LogP contribution is 2.44. The van der Waals surface area contributed by atoms with Gasteiger partial charge in [-0.15, -0.1) is 0 Å². The van der Waals surface area contributed by atoms with Gasteiger partial charge >= 0.3 is 0 Å². The molecule has 0 radical (unpaired) electrons. The fourth-order valence-electron chi connectivity index (χ4n) is 5.73. The Hall–Kier alpha value is -4.16. The zero-order chi connectivity index (χ0) is 22.5. The molecule has 0 saturated carbocycles. The molecule has 5 aromatic carbocycles. The summed E-state index contributed by atoms with van der Waals surface area (Å²) in [7, 11) is 0. The number of allylic oxidation sites excluding steroid dienone is 8. The summed E-state index contributed by atoms with van der Waals surface area (Å²) >= 11 is 0. The van der Waals surface area contributed by atoms with Crippen molar-refractivity contribution in [2.45, 2.75) is 6.42 Å². The quantitative estimate of drug-likeness (QED) is 0.244. The van der Waals surface area contributed by atoms with E-state index in [0.29, 0.717) is 5.92 Å². The van der Waals surface area contributed by atoms with Gasteiger partial charge in [-0.25, -0.2) is 0 Å². The second kappa shape index (κ2) is 7.71. The Morgan fingerprint density at radius 2 is 1.24 bits per heavy atom. The highest BCUT2D eigenvalue weighted by molar-refractivity contribution is 6.20. The molecule has 0 aliphatic heterocycles. The molecule has 2 aliphatic rings. The normalized spacial score (nSPS) is 17.1. The fraction of sp³-hybridized carbons (Fsp3) is 0.0588. The van der Waals surface area contributed by atoms with Crippen molar-refractivity contribution < 1.29 is 0 Å². The Morgan fingerprint density at radius 3 is 1.97 bits per heavy atom. The monoisotopic (exact) mass is 432 g/mol. The summed E-state index contributed by atoms with van der Waals surface area (Å²) in [6.45, 7) is 0. The van der Waals surface area contributed by atoms with Gasteiger partial charge in [0.15, 0.2) is 0 Å². The summed E-state index contributed by atoms with van der Waals surface area (Å²) < 4.78 is 0. The van der Waals surface area contributed by atoms with Crippen LogP contribution in [0.5, 0.6) is 0 Å². The van der Waals surface area contributed by atoms with Crippen molar-refractivity contribution in [2.75, 3.05) is 0 Å². The Morgan fingerprint density at radius 1 is 0.588 bits per heavy atom. The topological polar surface area (TPSA) is 0 Å². The Kier molecular flexibility index (Phi) is 4.38. The first kappa shape index (κ1) is 19.3. The van der Waals surface area contributed by atoms with E-state index in [1.165, 1.54) is 60.2 Å². The minimum absolute atomic E-state index is 0.461. The van der Waals surface area contributed by atoms with Gasteiger partial charge in [-0.3, -0.25) is 0 Å². The summed E-state index contributed by atoms with van der Waals surface area (Å²) in [6.07, 6.45) is 14.9. The first-order chi connectivity index (χ1) is 16.9. The van der Waals surface area contributed by atoms with E-state index in [2.05, 4.69) is 127 Å². The van der Waals surface area contributed by atoms with E-state index in [0.717, 1.165) is 6.42 Å². The van der Waals surface area contributed by atoms with Crippen molar-refractivity contribution in [3.05, 3.63) is 139 Å². The molecule has 1 unspecified atom stereocenters. The molecule has 0 aromatic heterocycles. The van der Waals surface area contributed by atoms with E-state index < -0.39 is 0 Å². The third-order valence-electron chi connectivity index (χ3n) is 7.34. The molecule has 0 bridgehead atoms. The smallest absolute Gasteiger partial charge is 0.00617 e. The van der Waals surface area contributed by atoms with Crippen LogP contribution in [0.3, 0.4) is 0 Å². The number of hydrogen-bond acceptors (Lipinski definition) is 0. The lowest BCUT2D eigenvalue weighted by Gasteiger charge is -2.24. The maximum Gasteiger partial charge on any atom is 0.00617 e. The highest BCUT2D eigenvalue weighted by Gasteiger charge is 2.21. The molecule has 0 heterocycles. The van der Waals surface area contributed by atoms with Crippen LogP contribution in [0, 0.1) is 5.92 Å². The highest BCUT2D eigenvalue weighted by atomic mass is 14.2. The third-order valence-corrected chi connectivity index (χ3v) is 7.34. The molecule has 0 fully saturated rings. The summed E-state index contributed by atoms with van der Waals surface area (Å²) in [6, 6.07) is 33.3. The van der Waals surface area contributed by atoms with Gasteiger partial charge in [-0.2, -0.15) is 0 Å². The zero-order valence-corrected chi connectivity index (χ0v) is 18.9. The minimum Gasteiger partial charge on any atom is -0.0836 e. The standard InChI is InChI=1S/C34H24/c1-3-11-25-21-27(19-17-23(25)9-1)33-29-13-5-7-15-31(29)34(32-16-8-6-14-30(32)33)28-20-18-24-10-2-4-12-26(24)22-28/h1-11,13-22,26H,12H2. The SMILES string of the molecule is C1=CCC2C=C(c3c4ccccc4c(-c4ccc5ccccc5c4)c4ccccc34)C=CC2=C1. The van der Waals surface area contributed by atoms with E-state index in [-0.39, 0.29) is 0 Å². The molecular formula is C34H24. The van der Waals surface area contributed by atoms with E-state index in [1.54, 1.807) is 0 Å². The number of benzene rings is 5. The average molecular weight is 433 g/mol. The molecular weight excluding hydrogens is 408 g/mol. The number of rotatable bonds is 2. The van der Waals surface area contributed by atoms with Gasteiger partial charge in [0.05, 0.1) is 0 Å². The first-order valence-electron chi connectivity index (χ1n) is 12.1. The van der Waals surface area contributed by atoms with Crippen molar-refractivity contribution in [1.82, 2.24) is 0 Å². The molecule has 160 valence electrons. The Balaban J connectivity index is 1.55. The van der Waals surface area contributed by atoms with Gasteiger partial charge in [-0.05, 0) is 72.6 Å². The summed E-state index contributed by atoms with van der Waals surface area (Å²) in [5.41, 5.74) is 6.68. The van der Waals surface area contributed by atoms with Crippen LogP contribution < -0.4 is 0 Å². The molecule has 7 rings (SSSR count). The number of hydrogen-bond donors (Lipinski definition) is 0. The first-order valence-corrected chi connectivity index (χ1v) is 12.1. The van der Waals surface area contributed by atoms with Crippen molar-refractivity contribution in [2.24, 2.45) is 5.92 Å². The largest absolute Gasteiger partial charge is 0.0836 e. The van der Waals surface area contributed by atoms with Crippen molar-refractivity contribution >= 4 is 37.9 Å². The van der Waals surface area contributed by atoms with Crippen molar-refractivity contribution in [3.8, 4) is 11.1 Å². The van der Waals surface area contributed by atoms with E-state index in [1.807, 2.05) is 0 Å². The fourth-order valence-corrected chi connectivity index (χ4v) is 5.73. The van der Waals surface area contributed by atoms with Crippen molar-refractivity contribution in [3.63, 3.8) is 0 Å². The second-order valence-electron chi connectivity index (χ2n) is 9.30. The van der Waals surface area contributed by atoms with Crippen LogP contribution in [-0.4, -0.2) is 0 Å². The maximum absolute atomic E-state index is 2.47. The lowest BCUT2D eigenvalue weighted by molar-refractivity contribution is 0.783. The van der Waals surface area contributed by atoms with Gasteiger partial charge in [-0.1, -0.05) is 121 Å². The summed E-state index contributed by atoms with van der Waals surface area (Å²) in [4.78, 5) is 0. The van der Waals surface area contributed by atoms with Crippen molar-refractivity contribution in [1.29, 1.82) is 0 Å². The predicted molar refractivity (Wildman–Crippen MR) is 147 cm³/mol. The minimum atomic E-state index is 0.461. The molecule has 0 nitrogen and oxygen atoms in total. The molecule has 34 heavy (non-hydrogen) atoms. The van der Waals surface area contributed by atoms with Crippen LogP contribution in [0.25, 0.3) is 49.0 Å². The molecule has 0 amide bonds. The van der Waals surface area contributed by atoms with Crippen LogP contribution in [0.4, 0.5) is 0 Å². The van der Waals surface area contributed by atoms with Gasteiger partial charge in [0.1, 0.15) is 0 Å². The van der Waals surface area contributed by atoms with Gasteiger partial charge in [0.2, 0.25) is 0 Å². The molecule has 2 aliphatic carbocycles. The van der Waals surface area contributed by atoms with E-state index in [4.69, 9.17) is 0 Å². The molecule has 1 atom stereocenters. The summed E-state index contributed by atoms with van der Waals surface area (Å²) in [5.74, 6) is 0.461. The zero-order valence-electron chi connectivity index (χ0n) is 18.9. The lowest BCUT2D eigenvalue weighted by atomic mass is 9.80. The summed E-state index contributed by atoms with van der Waals surface area (Å²) in [5, 5.41) is 7.81. The molecule has 0 heteroatoms. The van der Waals surface area contributed by atoms with Gasteiger partial charge < -0.3 is 0 Å². The van der Waals surface area contributed by atoms with Crippen LogP contribution in [-0.2, 0) is 0 Å². The van der Waals surface area contributed by atoms with E-state index in [9.17, 15) is 0 Å². The molecule has 0 saturated heterocycles. The second-order valence-corrected chi connectivity index (χ2v) is 9.30. The van der Waals surface area contributed by atoms with E-state index >= 15 is 0 Å².